The zero-order valence-corrected chi connectivity index (χ0v) is 9.16. The van der Waals surface area contributed by atoms with Crippen molar-refractivity contribution in [3.63, 3.8) is 0 Å². The molecule has 1 fully saturated rings. The Morgan fingerprint density at radius 3 is 2.73 bits per heavy atom. The lowest BCUT2D eigenvalue weighted by molar-refractivity contribution is -0.00000207. The molecule has 2 atom stereocenters. The van der Waals surface area contributed by atoms with Gasteiger partial charge in [-0.15, -0.1) is 0 Å². The minimum Gasteiger partial charge on any atom is -1.00 e. The van der Waals surface area contributed by atoms with Gasteiger partial charge in [0.2, 0.25) is 0 Å². The maximum atomic E-state index is 3.85. The number of halogens is 1. The van der Waals surface area contributed by atoms with Crippen molar-refractivity contribution >= 4 is 10.9 Å². The molecule has 0 nitrogen and oxygen atoms in total. The topological polar surface area (TPSA) is 0 Å². The van der Waals surface area contributed by atoms with Gasteiger partial charge >= 0.3 is 0 Å². The molecule has 0 aliphatic carbocycles. The molecule has 0 bridgehead atoms. The third-order valence-corrected chi connectivity index (χ3v) is 4.68. The summed E-state index contributed by atoms with van der Waals surface area (Å²) in [7, 11) is 0.599. The fraction of sp³-hybridized carbons (Fsp3) is 0.556. The van der Waals surface area contributed by atoms with Crippen molar-refractivity contribution in [3.8, 4) is 0 Å². The molecule has 0 aromatic carbocycles. The molecule has 2 heteroatoms. The quantitative estimate of drug-likeness (QED) is 0.441. The summed E-state index contributed by atoms with van der Waals surface area (Å²) < 4.78 is 0. The van der Waals surface area contributed by atoms with Crippen LogP contribution in [-0.2, 0) is 10.9 Å². The summed E-state index contributed by atoms with van der Waals surface area (Å²) in [6, 6.07) is 0. The number of hydrogen-bond acceptors (Lipinski definition) is 0. The van der Waals surface area contributed by atoms with Gasteiger partial charge in [-0.05, 0) is 29.5 Å². The monoisotopic (exact) mass is 234 g/mol. The third-order valence-electron chi connectivity index (χ3n) is 1.92. The van der Waals surface area contributed by atoms with E-state index in [1.165, 1.54) is 24.3 Å². The van der Waals surface area contributed by atoms with Gasteiger partial charge in [0, 0.05) is 6.42 Å². The summed E-state index contributed by atoms with van der Waals surface area (Å²) in [6.45, 7) is 7.61. The van der Waals surface area contributed by atoms with E-state index in [1.807, 2.05) is 6.08 Å². The molecule has 0 radical (unpaired) electrons. The maximum Gasteiger partial charge on any atom is 0.136 e. The largest absolute Gasteiger partial charge is 1.00 e. The predicted octanol–water partition coefficient (Wildman–Crippen LogP) is -0.857. The summed E-state index contributed by atoms with van der Waals surface area (Å²) in [5.41, 5.74) is 0. The highest BCUT2D eigenvalue weighted by Gasteiger charge is 2.32. The summed E-state index contributed by atoms with van der Waals surface area (Å²) in [5, 5.41) is 0.804. The summed E-state index contributed by atoms with van der Waals surface area (Å²) >= 11 is 0. The predicted molar refractivity (Wildman–Crippen MR) is 50.5 cm³/mol. The fourth-order valence-corrected chi connectivity index (χ4v) is 3.73. The maximum absolute atomic E-state index is 3.85. The molecule has 0 aromatic heterocycles. The zero-order valence-electron chi connectivity index (χ0n) is 6.76. The SMILES string of the molecule is C=CC[S+]1CCCC1C=C.[Br-]. The van der Waals surface area contributed by atoms with Crippen molar-refractivity contribution in [3.05, 3.63) is 25.3 Å². The van der Waals surface area contributed by atoms with Crippen LogP contribution in [0.5, 0.6) is 0 Å². The van der Waals surface area contributed by atoms with Gasteiger partial charge in [0.05, 0.1) is 0 Å². The lowest BCUT2D eigenvalue weighted by atomic mass is 10.2. The molecule has 1 aliphatic rings. The van der Waals surface area contributed by atoms with E-state index in [2.05, 4.69) is 19.2 Å². The van der Waals surface area contributed by atoms with Crippen molar-refractivity contribution in [1.29, 1.82) is 0 Å². The van der Waals surface area contributed by atoms with E-state index in [1.54, 1.807) is 0 Å². The Balaban J connectivity index is 0.000001000. The molecule has 1 rings (SSSR count). The Bertz CT molecular complexity index is 134. The van der Waals surface area contributed by atoms with E-state index in [0.29, 0.717) is 10.9 Å². The molecule has 1 heterocycles. The fourth-order valence-electron chi connectivity index (χ4n) is 1.40. The van der Waals surface area contributed by atoms with Gasteiger partial charge in [0.1, 0.15) is 16.8 Å². The molecule has 0 aromatic rings. The first-order chi connectivity index (χ1) is 4.88. The second kappa shape index (κ2) is 5.90. The first-order valence-electron chi connectivity index (χ1n) is 3.78. The normalized spacial score (nSPS) is 29.1. The smallest absolute Gasteiger partial charge is 0.136 e. The molecule has 0 amide bonds. The summed E-state index contributed by atoms with van der Waals surface area (Å²) in [6.07, 6.45) is 6.93. The van der Waals surface area contributed by atoms with Crippen molar-refractivity contribution in [2.24, 2.45) is 0 Å². The van der Waals surface area contributed by atoms with Crippen LogP contribution in [0.15, 0.2) is 25.3 Å². The number of rotatable bonds is 3. The van der Waals surface area contributed by atoms with Gasteiger partial charge in [-0.2, -0.15) is 0 Å². The Morgan fingerprint density at radius 2 is 2.18 bits per heavy atom. The van der Waals surface area contributed by atoms with E-state index in [9.17, 15) is 0 Å². The molecule has 2 unspecified atom stereocenters. The standard InChI is InChI=1S/C9H15S.BrH/c1-3-7-10-8-5-6-9(10)4-2;/h3-4,9H,1-2,5-8H2;1H/q+1;/p-1. The lowest BCUT2D eigenvalue weighted by Gasteiger charge is -2.02. The van der Waals surface area contributed by atoms with E-state index in [-0.39, 0.29) is 17.0 Å². The van der Waals surface area contributed by atoms with Crippen LogP contribution < -0.4 is 17.0 Å². The van der Waals surface area contributed by atoms with Crippen LogP contribution in [0.25, 0.3) is 0 Å². The first-order valence-corrected chi connectivity index (χ1v) is 5.41. The van der Waals surface area contributed by atoms with Crippen LogP contribution in [0.4, 0.5) is 0 Å². The molecular weight excluding hydrogens is 220 g/mol. The second-order valence-corrected chi connectivity index (χ2v) is 5.04. The highest BCUT2D eigenvalue weighted by molar-refractivity contribution is 7.97. The molecule has 1 saturated heterocycles. The Morgan fingerprint density at radius 1 is 1.45 bits per heavy atom. The van der Waals surface area contributed by atoms with Gasteiger partial charge in [0.15, 0.2) is 0 Å². The summed E-state index contributed by atoms with van der Waals surface area (Å²) in [4.78, 5) is 0. The highest BCUT2D eigenvalue weighted by Crippen LogP contribution is 2.23. The average Bonchev–Trinajstić information content (AvgIpc) is 2.36. The Kier molecular flexibility index (Phi) is 6.06. The Hall–Kier alpha value is 0.310. The van der Waals surface area contributed by atoms with Crippen LogP contribution >= 0.6 is 0 Å². The van der Waals surface area contributed by atoms with Crippen LogP contribution in [0.1, 0.15) is 12.8 Å². The van der Waals surface area contributed by atoms with Crippen LogP contribution in [-0.4, -0.2) is 16.8 Å². The third kappa shape index (κ3) is 3.04. The van der Waals surface area contributed by atoms with E-state index < -0.39 is 0 Å². The molecule has 0 N–H and O–H groups in total. The van der Waals surface area contributed by atoms with E-state index in [4.69, 9.17) is 0 Å². The van der Waals surface area contributed by atoms with Crippen LogP contribution in [0.2, 0.25) is 0 Å². The molecule has 11 heavy (non-hydrogen) atoms. The van der Waals surface area contributed by atoms with Gasteiger partial charge < -0.3 is 17.0 Å². The van der Waals surface area contributed by atoms with Crippen molar-refractivity contribution in [1.82, 2.24) is 0 Å². The van der Waals surface area contributed by atoms with Crippen molar-refractivity contribution in [2.45, 2.75) is 18.1 Å². The summed E-state index contributed by atoms with van der Waals surface area (Å²) in [5.74, 6) is 2.61. The van der Waals surface area contributed by atoms with Crippen LogP contribution in [0, 0.1) is 0 Å². The average molecular weight is 235 g/mol. The van der Waals surface area contributed by atoms with Gasteiger partial charge in [-0.3, -0.25) is 0 Å². The zero-order chi connectivity index (χ0) is 7.40. The molecule has 0 spiro atoms. The minimum absolute atomic E-state index is 0. The van der Waals surface area contributed by atoms with Gasteiger partial charge in [0.25, 0.3) is 0 Å². The van der Waals surface area contributed by atoms with Gasteiger partial charge in [-0.25, -0.2) is 0 Å². The van der Waals surface area contributed by atoms with Gasteiger partial charge in [-0.1, -0.05) is 13.2 Å². The van der Waals surface area contributed by atoms with Crippen molar-refractivity contribution in [2.75, 3.05) is 11.5 Å². The first kappa shape index (κ1) is 11.3. The van der Waals surface area contributed by atoms with E-state index in [0.717, 1.165) is 5.25 Å². The minimum atomic E-state index is 0. The van der Waals surface area contributed by atoms with E-state index >= 15 is 0 Å². The molecular formula is C9H15BrS. The Labute approximate surface area is 82.9 Å². The molecule has 64 valence electrons. The lowest BCUT2D eigenvalue weighted by Crippen LogP contribution is -3.00. The number of hydrogen-bond donors (Lipinski definition) is 0. The highest BCUT2D eigenvalue weighted by atomic mass is 79.9. The van der Waals surface area contributed by atoms with Crippen molar-refractivity contribution < 1.29 is 17.0 Å². The molecule has 1 aliphatic heterocycles. The second-order valence-electron chi connectivity index (χ2n) is 2.61. The molecule has 0 saturated carbocycles. The van der Waals surface area contributed by atoms with Crippen LogP contribution in [0.3, 0.4) is 0 Å².